The number of nitrogens with zero attached hydrogens (tertiary/aromatic N) is 2. The Balaban J connectivity index is 1.95. The van der Waals surface area contributed by atoms with E-state index in [4.69, 9.17) is 5.26 Å². The van der Waals surface area contributed by atoms with E-state index in [1.54, 1.807) is 30.3 Å². The van der Waals surface area contributed by atoms with Gasteiger partial charge in [0.1, 0.15) is 0 Å². The highest BCUT2D eigenvalue weighted by Gasteiger charge is 2.18. The molecule has 0 saturated carbocycles. The fourth-order valence-electron chi connectivity index (χ4n) is 2.77. The van der Waals surface area contributed by atoms with Crippen LogP contribution in [0.5, 0.6) is 0 Å². The summed E-state index contributed by atoms with van der Waals surface area (Å²) in [6, 6.07) is 14.7. The molecular formula is C21H25N3O3S. The van der Waals surface area contributed by atoms with Gasteiger partial charge in [-0.2, -0.15) is 5.26 Å². The van der Waals surface area contributed by atoms with E-state index in [1.165, 1.54) is 10.6 Å². The maximum atomic E-state index is 12.2. The number of hydrogen-bond acceptors (Lipinski definition) is 4. The fraction of sp³-hybridized carbons (Fsp3) is 0.333. The Morgan fingerprint density at radius 1 is 1.11 bits per heavy atom. The van der Waals surface area contributed by atoms with E-state index >= 15 is 0 Å². The molecule has 2 aromatic carbocycles. The number of carbonyl (C=O) groups excluding carboxylic acids is 1. The molecule has 7 heteroatoms. The van der Waals surface area contributed by atoms with Crippen molar-refractivity contribution in [2.24, 2.45) is 0 Å². The molecule has 6 nitrogen and oxygen atoms in total. The molecule has 0 unspecified atom stereocenters. The predicted molar refractivity (Wildman–Crippen MR) is 112 cm³/mol. The Morgan fingerprint density at radius 2 is 1.79 bits per heavy atom. The lowest BCUT2D eigenvalue weighted by atomic mass is 10.1. The van der Waals surface area contributed by atoms with Crippen LogP contribution in [0.4, 0.5) is 11.4 Å². The van der Waals surface area contributed by atoms with E-state index in [-0.39, 0.29) is 18.9 Å². The number of hydrogen-bond donors (Lipinski definition) is 1. The number of nitriles is 1. The largest absolute Gasteiger partial charge is 0.326 e. The molecule has 0 spiro atoms. The van der Waals surface area contributed by atoms with Crippen molar-refractivity contribution in [3.8, 4) is 6.07 Å². The molecule has 1 N–H and O–H groups in total. The molecule has 0 aliphatic carbocycles. The third-order valence-corrected chi connectivity index (χ3v) is 5.66. The number of amides is 1. The van der Waals surface area contributed by atoms with Gasteiger partial charge in [-0.05, 0) is 61.2 Å². The number of carbonyl (C=O) groups is 1. The first kappa shape index (κ1) is 21.5. The molecule has 1 amide bonds. The zero-order valence-corrected chi connectivity index (χ0v) is 17.2. The average molecular weight is 400 g/mol. The maximum absolute atomic E-state index is 12.2. The van der Waals surface area contributed by atoms with Crippen molar-refractivity contribution in [3.05, 3.63) is 59.2 Å². The van der Waals surface area contributed by atoms with E-state index < -0.39 is 10.0 Å². The zero-order chi connectivity index (χ0) is 20.7. The molecule has 2 rings (SSSR count). The Bertz CT molecular complexity index is 977. The Kier molecular flexibility index (Phi) is 7.18. The van der Waals surface area contributed by atoms with E-state index in [0.717, 1.165) is 16.7 Å². The number of aryl methyl sites for hydroxylation is 2. The second-order valence-electron chi connectivity index (χ2n) is 6.79. The van der Waals surface area contributed by atoms with Gasteiger partial charge in [0.05, 0.1) is 24.4 Å². The molecule has 28 heavy (non-hydrogen) atoms. The van der Waals surface area contributed by atoms with Crippen molar-refractivity contribution >= 4 is 27.3 Å². The summed E-state index contributed by atoms with van der Waals surface area (Å²) < 4.78 is 25.7. The van der Waals surface area contributed by atoms with Gasteiger partial charge in [-0.15, -0.1) is 0 Å². The van der Waals surface area contributed by atoms with Crippen molar-refractivity contribution in [2.75, 3.05) is 22.4 Å². The number of sulfonamides is 1. The molecule has 148 valence electrons. The molecular weight excluding hydrogens is 374 g/mol. The van der Waals surface area contributed by atoms with Crippen LogP contribution < -0.4 is 9.62 Å². The van der Waals surface area contributed by atoms with E-state index in [1.807, 2.05) is 26.0 Å². The lowest BCUT2D eigenvalue weighted by Gasteiger charge is -2.23. The highest BCUT2D eigenvalue weighted by Crippen LogP contribution is 2.22. The van der Waals surface area contributed by atoms with E-state index in [9.17, 15) is 13.2 Å². The summed E-state index contributed by atoms with van der Waals surface area (Å²) >= 11 is 0. The molecule has 0 radical (unpaired) electrons. The maximum Gasteiger partial charge on any atom is 0.232 e. The number of rotatable bonds is 8. The third kappa shape index (κ3) is 6.10. The normalized spacial score (nSPS) is 10.9. The summed E-state index contributed by atoms with van der Waals surface area (Å²) in [5, 5.41) is 11.5. The van der Waals surface area contributed by atoms with Crippen LogP contribution in [0.15, 0.2) is 42.5 Å². The van der Waals surface area contributed by atoms with Gasteiger partial charge in [-0.1, -0.05) is 18.2 Å². The molecule has 0 fully saturated rings. The summed E-state index contributed by atoms with van der Waals surface area (Å²) in [6.45, 7) is 4.14. The molecule has 0 atom stereocenters. The van der Waals surface area contributed by atoms with Gasteiger partial charge in [0, 0.05) is 18.7 Å². The smallest absolute Gasteiger partial charge is 0.232 e. The second-order valence-corrected chi connectivity index (χ2v) is 8.69. The van der Waals surface area contributed by atoms with Crippen LogP contribution in [0.25, 0.3) is 0 Å². The van der Waals surface area contributed by atoms with E-state index in [2.05, 4.69) is 11.4 Å². The SMILES string of the molecule is Cc1ccc(N(CCCC(=O)Nc2ccc(CC#N)cc2)S(C)(=O)=O)cc1C. The quantitative estimate of drug-likeness (QED) is 0.735. The van der Waals surface area contributed by atoms with Gasteiger partial charge in [-0.25, -0.2) is 8.42 Å². The summed E-state index contributed by atoms with van der Waals surface area (Å²) in [6.07, 6.45) is 2.11. The first-order valence-corrected chi connectivity index (χ1v) is 10.9. The summed E-state index contributed by atoms with van der Waals surface area (Å²) in [4.78, 5) is 12.2. The molecule has 0 heterocycles. The van der Waals surface area contributed by atoms with Gasteiger partial charge >= 0.3 is 0 Å². The van der Waals surface area contributed by atoms with Crippen molar-refractivity contribution in [1.82, 2.24) is 0 Å². The molecule has 0 aliphatic rings. The van der Waals surface area contributed by atoms with Crippen molar-refractivity contribution < 1.29 is 13.2 Å². The van der Waals surface area contributed by atoms with Crippen molar-refractivity contribution in [1.29, 1.82) is 5.26 Å². The third-order valence-electron chi connectivity index (χ3n) is 4.46. The first-order valence-electron chi connectivity index (χ1n) is 9.01. The predicted octanol–water partition coefficient (Wildman–Crippen LogP) is 3.55. The minimum Gasteiger partial charge on any atom is -0.326 e. The second kappa shape index (κ2) is 9.38. The van der Waals surface area contributed by atoms with Crippen LogP contribution in [0.2, 0.25) is 0 Å². The summed E-state index contributed by atoms with van der Waals surface area (Å²) in [5.74, 6) is -0.179. The van der Waals surface area contributed by atoms with Gasteiger partial charge < -0.3 is 5.32 Å². The molecule has 0 bridgehead atoms. The Labute approximate surface area is 166 Å². The first-order chi connectivity index (χ1) is 13.2. The molecule has 0 saturated heterocycles. The van der Waals surface area contributed by atoms with Gasteiger partial charge in [0.15, 0.2) is 0 Å². The molecule has 2 aromatic rings. The van der Waals surface area contributed by atoms with Crippen LogP contribution >= 0.6 is 0 Å². The number of benzene rings is 2. The standard InChI is InChI=1S/C21H25N3O3S/c1-16-6-11-20(15-17(16)2)24(28(3,26)27)14-4-5-21(25)23-19-9-7-18(8-10-19)12-13-22/h6-11,15H,4-5,12,14H2,1-3H3,(H,23,25). The highest BCUT2D eigenvalue weighted by atomic mass is 32.2. The topological polar surface area (TPSA) is 90.3 Å². The number of anilines is 2. The van der Waals surface area contributed by atoms with E-state index in [0.29, 0.717) is 24.2 Å². The van der Waals surface area contributed by atoms with Crippen molar-refractivity contribution in [2.45, 2.75) is 33.1 Å². The minimum absolute atomic E-state index is 0.179. The minimum atomic E-state index is -3.44. The van der Waals surface area contributed by atoms with Crippen LogP contribution in [0.1, 0.15) is 29.5 Å². The lowest BCUT2D eigenvalue weighted by molar-refractivity contribution is -0.116. The highest BCUT2D eigenvalue weighted by molar-refractivity contribution is 7.92. The Morgan fingerprint density at radius 3 is 2.36 bits per heavy atom. The lowest BCUT2D eigenvalue weighted by Crippen LogP contribution is -2.31. The molecule has 0 aliphatic heterocycles. The van der Waals surface area contributed by atoms with Crippen LogP contribution in [-0.2, 0) is 21.2 Å². The average Bonchev–Trinajstić information content (AvgIpc) is 2.62. The Hall–Kier alpha value is -2.85. The van der Waals surface area contributed by atoms with Gasteiger partial charge in [-0.3, -0.25) is 9.10 Å². The molecule has 0 aromatic heterocycles. The van der Waals surface area contributed by atoms with Crippen LogP contribution in [0.3, 0.4) is 0 Å². The summed E-state index contributed by atoms with van der Waals surface area (Å²) in [7, 11) is -3.44. The van der Waals surface area contributed by atoms with Gasteiger partial charge in [0.2, 0.25) is 15.9 Å². The van der Waals surface area contributed by atoms with Crippen molar-refractivity contribution in [3.63, 3.8) is 0 Å². The number of nitrogens with one attached hydrogen (secondary N) is 1. The van der Waals surface area contributed by atoms with Crippen LogP contribution in [-0.4, -0.2) is 27.1 Å². The van der Waals surface area contributed by atoms with Gasteiger partial charge in [0.25, 0.3) is 0 Å². The van der Waals surface area contributed by atoms with Crippen LogP contribution in [0, 0.1) is 25.2 Å². The fourth-order valence-corrected chi connectivity index (χ4v) is 3.73. The monoisotopic (exact) mass is 399 g/mol. The zero-order valence-electron chi connectivity index (χ0n) is 16.4. The summed E-state index contributed by atoms with van der Waals surface area (Å²) in [5.41, 5.74) is 4.26.